The van der Waals surface area contributed by atoms with Crippen molar-refractivity contribution in [2.45, 2.75) is 33.2 Å². The van der Waals surface area contributed by atoms with E-state index < -0.39 is 5.97 Å². The second-order valence-electron chi connectivity index (χ2n) is 4.64. The highest BCUT2D eigenvalue weighted by molar-refractivity contribution is 5.88. The molecule has 1 heterocycles. The molecule has 1 aromatic heterocycles. The van der Waals surface area contributed by atoms with Gasteiger partial charge >= 0.3 is 5.97 Å². The maximum atomic E-state index is 12.9. The lowest BCUT2D eigenvalue weighted by atomic mass is 10.2. The zero-order valence-electron chi connectivity index (χ0n) is 12.2. The maximum Gasteiger partial charge on any atom is 0.360 e. The quantitative estimate of drug-likeness (QED) is 0.768. The lowest BCUT2D eigenvalue weighted by molar-refractivity contribution is 0.0518. The van der Waals surface area contributed by atoms with Crippen LogP contribution in [0, 0.1) is 5.82 Å². The molecule has 0 unspecified atom stereocenters. The lowest BCUT2D eigenvalue weighted by Crippen LogP contribution is -2.11. The van der Waals surface area contributed by atoms with Gasteiger partial charge in [-0.25, -0.2) is 13.9 Å². The van der Waals surface area contributed by atoms with Gasteiger partial charge in [0.15, 0.2) is 5.69 Å². The zero-order valence-corrected chi connectivity index (χ0v) is 12.2. The smallest absolute Gasteiger partial charge is 0.360 e. The van der Waals surface area contributed by atoms with E-state index >= 15 is 0 Å². The highest BCUT2D eigenvalue weighted by atomic mass is 19.1. The van der Waals surface area contributed by atoms with Crippen LogP contribution < -0.4 is 0 Å². The minimum atomic E-state index is -0.452. The number of benzene rings is 1. The molecule has 0 radical (unpaired) electrons. The van der Waals surface area contributed by atoms with Crippen LogP contribution in [-0.2, 0) is 17.7 Å². The lowest BCUT2D eigenvalue weighted by Gasteiger charge is -2.07. The van der Waals surface area contributed by atoms with E-state index in [1.54, 1.807) is 23.7 Å². The van der Waals surface area contributed by atoms with Crippen molar-refractivity contribution in [3.63, 3.8) is 0 Å². The van der Waals surface area contributed by atoms with Crippen LogP contribution in [0.5, 0.6) is 0 Å². The predicted octanol–water partition coefficient (Wildman–Crippen LogP) is 2.59. The van der Waals surface area contributed by atoms with Crippen LogP contribution >= 0.6 is 0 Å². The van der Waals surface area contributed by atoms with E-state index in [9.17, 15) is 9.18 Å². The van der Waals surface area contributed by atoms with Gasteiger partial charge in [-0.2, -0.15) is 0 Å². The maximum absolute atomic E-state index is 12.9. The molecule has 2 rings (SSSR count). The number of ether oxygens (including phenoxy) is 1. The van der Waals surface area contributed by atoms with Crippen LogP contribution in [0.3, 0.4) is 0 Å². The monoisotopic (exact) mass is 291 g/mol. The summed E-state index contributed by atoms with van der Waals surface area (Å²) in [6.45, 7) is 4.52. The van der Waals surface area contributed by atoms with Crippen LogP contribution in [-0.4, -0.2) is 27.6 Å². The largest absolute Gasteiger partial charge is 0.461 e. The fourth-order valence-electron chi connectivity index (χ4n) is 2.06. The number of rotatable bonds is 6. The van der Waals surface area contributed by atoms with Gasteiger partial charge in [-0.3, -0.25) is 0 Å². The molecule has 21 heavy (non-hydrogen) atoms. The Labute approximate surface area is 122 Å². The number of carbonyl (C=O) groups excluding carboxylic acids is 1. The topological polar surface area (TPSA) is 57.0 Å². The number of hydrogen-bond acceptors (Lipinski definition) is 4. The van der Waals surface area contributed by atoms with Crippen LogP contribution in [0.4, 0.5) is 4.39 Å². The van der Waals surface area contributed by atoms with Crippen molar-refractivity contribution in [1.29, 1.82) is 0 Å². The molecule has 5 nitrogen and oxygen atoms in total. The van der Waals surface area contributed by atoms with Crippen molar-refractivity contribution in [1.82, 2.24) is 15.0 Å². The van der Waals surface area contributed by atoms with Gasteiger partial charge in [-0.05, 0) is 31.0 Å². The first kappa shape index (κ1) is 15.2. The Morgan fingerprint density at radius 1 is 1.29 bits per heavy atom. The summed E-state index contributed by atoms with van der Waals surface area (Å²) >= 11 is 0. The Kier molecular flexibility index (Phi) is 5.03. The zero-order chi connectivity index (χ0) is 15.2. The van der Waals surface area contributed by atoms with E-state index in [-0.39, 0.29) is 11.5 Å². The third kappa shape index (κ3) is 3.65. The fourth-order valence-corrected chi connectivity index (χ4v) is 2.06. The van der Waals surface area contributed by atoms with E-state index in [1.807, 2.05) is 6.92 Å². The van der Waals surface area contributed by atoms with Crippen molar-refractivity contribution in [3.05, 3.63) is 47.0 Å². The van der Waals surface area contributed by atoms with Crippen molar-refractivity contribution >= 4 is 5.97 Å². The number of hydrogen-bond donors (Lipinski definition) is 0. The van der Waals surface area contributed by atoms with E-state index in [0.29, 0.717) is 19.6 Å². The third-order valence-electron chi connectivity index (χ3n) is 3.04. The molecule has 112 valence electrons. The molecule has 0 atom stereocenters. The average Bonchev–Trinajstić information content (AvgIpc) is 2.85. The van der Waals surface area contributed by atoms with E-state index in [1.165, 1.54) is 12.1 Å². The molecule has 0 spiro atoms. The second kappa shape index (κ2) is 6.97. The van der Waals surface area contributed by atoms with Crippen LogP contribution in [0.1, 0.15) is 42.0 Å². The summed E-state index contributed by atoms with van der Waals surface area (Å²) in [6, 6.07) is 6.18. The van der Waals surface area contributed by atoms with E-state index in [4.69, 9.17) is 4.74 Å². The van der Waals surface area contributed by atoms with Gasteiger partial charge in [0.05, 0.1) is 18.8 Å². The standard InChI is InChI=1S/C15H18FN3O2/c1-3-5-13-14(15(20)21-4-2)17-18-19(13)10-11-6-8-12(16)9-7-11/h6-9H,3-5,10H2,1-2H3. The molecule has 1 aromatic carbocycles. The highest BCUT2D eigenvalue weighted by Crippen LogP contribution is 2.13. The molecule has 0 aliphatic carbocycles. The molecular formula is C15H18FN3O2. The Bertz CT molecular complexity index is 608. The van der Waals surface area contributed by atoms with Gasteiger partial charge in [0, 0.05) is 0 Å². The van der Waals surface area contributed by atoms with Gasteiger partial charge in [0.2, 0.25) is 0 Å². The van der Waals surface area contributed by atoms with Gasteiger partial charge in [-0.15, -0.1) is 5.10 Å². The number of nitrogens with zero attached hydrogens (tertiary/aromatic N) is 3. The van der Waals surface area contributed by atoms with Crippen molar-refractivity contribution in [3.8, 4) is 0 Å². The summed E-state index contributed by atoms with van der Waals surface area (Å²) in [5, 5.41) is 7.96. The molecule has 0 N–H and O–H groups in total. The molecular weight excluding hydrogens is 273 g/mol. The van der Waals surface area contributed by atoms with Gasteiger partial charge in [-0.1, -0.05) is 30.7 Å². The van der Waals surface area contributed by atoms with Gasteiger partial charge in [0.25, 0.3) is 0 Å². The number of aromatic nitrogens is 3. The molecule has 0 bridgehead atoms. The number of esters is 1. The third-order valence-corrected chi connectivity index (χ3v) is 3.04. The highest BCUT2D eigenvalue weighted by Gasteiger charge is 2.20. The SMILES string of the molecule is CCCc1c(C(=O)OCC)nnn1Cc1ccc(F)cc1. The first-order chi connectivity index (χ1) is 10.2. The van der Waals surface area contributed by atoms with Crippen LogP contribution in [0.25, 0.3) is 0 Å². The van der Waals surface area contributed by atoms with Crippen molar-refractivity contribution in [2.24, 2.45) is 0 Å². The average molecular weight is 291 g/mol. The summed E-state index contributed by atoms with van der Waals surface area (Å²) in [6.07, 6.45) is 1.55. The van der Waals surface area contributed by atoms with Gasteiger partial charge < -0.3 is 4.74 Å². The Morgan fingerprint density at radius 3 is 2.62 bits per heavy atom. The van der Waals surface area contributed by atoms with Crippen molar-refractivity contribution in [2.75, 3.05) is 6.61 Å². The molecule has 0 saturated carbocycles. The molecule has 0 fully saturated rings. The summed E-state index contributed by atoms with van der Waals surface area (Å²) in [7, 11) is 0. The second-order valence-corrected chi connectivity index (χ2v) is 4.64. The Hall–Kier alpha value is -2.24. The minimum Gasteiger partial charge on any atom is -0.461 e. The van der Waals surface area contributed by atoms with Crippen molar-refractivity contribution < 1.29 is 13.9 Å². The van der Waals surface area contributed by atoms with Gasteiger partial charge in [0.1, 0.15) is 5.82 Å². The Morgan fingerprint density at radius 2 is 2.00 bits per heavy atom. The predicted molar refractivity (Wildman–Crippen MR) is 75.5 cm³/mol. The first-order valence-corrected chi connectivity index (χ1v) is 6.99. The summed E-state index contributed by atoms with van der Waals surface area (Å²) in [5.41, 5.74) is 1.91. The van der Waals surface area contributed by atoms with E-state index in [0.717, 1.165) is 17.7 Å². The molecule has 0 aliphatic rings. The van der Waals surface area contributed by atoms with E-state index in [2.05, 4.69) is 10.3 Å². The minimum absolute atomic E-state index is 0.265. The fraction of sp³-hybridized carbons (Fsp3) is 0.400. The Balaban J connectivity index is 2.26. The molecule has 2 aromatic rings. The molecule has 6 heteroatoms. The first-order valence-electron chi connectivity index (χ1n) is 6.99. The molecule has 0 amide bonds. The normalized spacial score (nSPS) is 10.6. The van der Waals surface area contributed by atoms with Crippen LogP contribution in [0.15, 0.2) is 24.3 Å². The summed E-state index contributed by atoms with van der Waals surface area (Å²) < 4.78 is 19.6. The molecule has 0 saturated heterocycles. The molecule has 0 aliphatic heterocycles. The summed E-state index contributed by atoms with van der Waals surface area (Å²) in [4.78, 5) is 11.9. The van der Waals surface area contributed by atoms with Crippen LogP contribution in [0.2, 0.25) is 0 Å². The number of halogens is 1. The number of carbonyl (C=O) groups is 1. The summed E-state index contributed by atoms with van der Waals surface area (Å²) in [5.74, 6) is -0.732.